The van der Waals surface area contributed by atoms with Crippen molar-refractivity contribution in [1.82, 2.24) is 14.9 Å². The number of nitrogens with zero attached hydrogens (tertiary/aromatic N) is 2. The lowest BCUT2D eigenvalue weighted by atomic mass is 10.1. The fraction of sp³-hybridized carbons (Fsp3) is 0.300. The summed E-state index contributed by atoms with van der Waals surface area (Å²) in [5, 5.41) is 2.97. The molecule has 5 nitrogen and oxygen atoms in total. The minimum Gasteiger partial charge on any atom is -0.378 e. The third-order valence-electron chi connectivity index (χ3n) is 4.59. The van der Waals surface area contributed by atoms with Crippen LogP contribution in [0.1, 0.15) is 24.8 Å². The number of hydrogen-bond donors (Lipinski definition) is 1. The van der Waals surface area contributed by atoms with Crippen molar-refractivity contribution >= 4 is 16.9 Å². The first-order chi connectivity index (χ1) is 12.3. The maximum atomic E-state index is 12.0. The molecule has 1 saturated heterocycles. The molecule has 1 fully saturated rings. The van der Waals surface area contributed by atoms with Gasteiger partial charge in [0.15, 0.2) is 0 Å². The van der Waals surface area contributed by atoms with Crippen molar-refractivity contribution in [2.24, 2.45) is 0 Å². The van der Waals surface area contributed by atoms with Crippen molar-refractivity contribution in [3.8, 4) is 5.69 Å². The van der Waals surface area contributed by atoms with E-state index in [1.54, 1.807) is 0 Å². The van der Waals surface area contributed by atoms with Crippen LogP contribution in [-0.4, -0.2) is 28.2 Å². The van der Waals surface area contributed by atoms with Crippen LogP contribution in [0.25, 0.3) is 16.7 Å². The molecular formula is C20H21N3O2. The highest BCUT2D eigenvalue weighted by Gasteiger charge is 2.18. The molecule has 0 bridgehead atoms. The second kappa shape index (κ2) is 7.07. The number of carbonyl (C=O) groups excluding carboxylic acids is 1. The molecule has 1 aromatic heterocycles. The van der Waals surface area contributed by atoms with E-state index in [0.717, 1.165) is 41.7 Å². The van der Waals surface area contributed by atoms with E-state index in [1.807, 2.05) is 36.7 Å². The van der Waals surface area contributed by atoms with E-state index in [9.17, 15) is 4.79 Å². The molecule has 1 amide bonds. The largest absolute Gasteiger partial charge is 0.378 e. The summed E-state index contributed by atoms with van der Waals surface area (Å²) in [5.41, 5.74) is 4.20. The van der Waals surface area contributed by atoms with Gasteiger partial charge in [0, 0.05) is 18.8 Å². The lowest BCUT2D eigenvalue weighted by Gasteiger charge is -2.10. The van der Waals surface area contributed by atoms with Crippen LogP contribution in [-0.2, 0) is 16.1 Å². The number of amides is 1. The molecule has 4 rings (SSSR count). The lowest BCUT2D eigenvalue weighted by molar-refractivity contribution is -0.123. The Labute approximate surface area is 146 Å². The predicted octanol–water partition coefficient (Wildman–Crippen LogP) is 3.21. The predicted molar refractivity (Wildman–Crippen MR) is 96.5 cm³/mol. The molecule has 2 heterocycles. The number of hydrogen-bond acceptors (Lipinski definition) is 3. The highest BCUT2D eigenvalue weighted by Crippen LogP contribution is 2.18. The summed E-state index contributed by atoms with van der Waals surface area (Å²) in [7, 11) is 0. The summed E-state index contributed by atoms with van der Waals surface area (Å²) >= 11 is 0. The zero-order valence-electron chi connectivity index (χ0n) is 14.0. The molecule has 128 valence electrons. The number of benzene rings is 2. The Hall–Kier alpha value is -2.66. The van der Waals surface area contributed by atoms with Crippen molar-refractivity contribution in [1.29, 1.82) is 0 Å². The molecule has 0 radical (unpaired) electrons. The number of aromatic nitrogens is 2. The SMILES string of the molecule is O=C(C[C@@H]1CCCO1)NCc1ccc(-n2cnc3ccccc32)cc1. The number of fused-ring (bicyclic) bond motifs is 1. The van der Waals surface area contributed by atoms with Crippen molar-refractivity contribution in [3.63, 3.8) is 0 Å². The molecule has 0 unspecified atom stereocenters. The van der Waals surface area contributed by atoms with E-state index >= 15 is 0 Å². The topological polar surface area (TPSA) is 56.1 Å². The highest BCUT2D eigenvalue weighted by atomic mass is 16.5. The first-order valence-electron chi connectivity index (χ1n) is 8.69. The number of ether oxygens (including phenoxy) is 1. The zero-order valence-corrected chi connectivity index (χ0v) is 14.0. The Bertz CT molecular complexity index is 864. The quantitative estimate of drug-likeness (QED) is 0.779. The molecule has 0 aliphatic carbocycles. The van der Waals surface area contributed by atoms with Gasteiger partial charge >= 0.3 is 0 Å². The minimum absolute atomic E-state index is 0.0524. The summed E-state index contributed by atoms with van der Waals surface area (Å²) < 4.78 is 7.56. The molecule has 1 aliphatic rings. The number of imidazole rings is 1. The summed E-state index contributed by atoms with van der Waals surface area (Å²) in [6.07, 6.45) is 4.43. The van der Waals surface area contributed by atoms with E-state index in [1.165, 1.54) is 0 Å². The van der Waals surface area contributed by atoms with Gasteiger partial charge in [-0.05, 0) is 42.7 Å². The van der Waals surface area contributed by atoms with Gasteiger partial charge in [-0.25, -0.2) is 4.98 Å². The number of carbonyl (C=O) groups is 1. The van der Waals surface area contributed by atoms with E-state index < -0.39 is 0 Å². The molecule has 0 spiro atoms. The molecule has 1 N–H and O–H groups in total. The van der Waals surface area contributed by atoms with Crippen LogP contribution < -0.4 is 5.32 Å². The maximum Gasteiger partial charge on any atom is 0.222 e. The maximum absolute atomic E-state index is 12.0. The first-order valence-corrected chi connectivity index (χ1v) is 8.69. The van der Waals surface area contributed by atoms with Crippen LogP contribution in [0.5, 0.6) is 0 Å². The summed E-state index contributed by atoms with van der Waals surface area (Å²) in [4.78, 5) is 16.4. The molecule has 2 aromatic carbocycles. The smallest absolute Gasteiger partial charge is 0.222 e. The Balaban J connectivity index is 1.39. The van der Waals surface area contributed by atoms with Gasteiger partial charge in [0.1, 0.15) is 6.33 Å². The monoisotopic (exact) mass is 335 g/mol. The van der Waals surface area contributed by atoms with Gasteiger partial charge in [0.05, 0.1) is 23.6 Å². The third kappa shape index (κ3) is 3.56. The van der Waals surface area contributed by atoms with Crippen LogP contribution in [0.3, 0.4) is 0 Å². The normalized spacial score (nSPS) is 17.0. The van der Waals surface area contributed by atoms with Gasteiger partial charge in [-0.3, -0.25) is 9.36 Å². The van der Waals surface area contributed by atoms with Gasteiger partial charge in [-0.1, -0.05) is 24.3 Å². The summed E-state index contributed by atoms with van der Waals surface area (Å²) in [5.74, 6) is 0.0524. The zero-order chi connectivity index (χ0) is 17.1. The van der Waals surface area contributed by atoms with Gasteiger partial charge in [0.25, 0.3) is 0 Å². The van der Waals surface area contributed by atoms with Crippen molar-refractivity contribution < 1.29 is 9.53 Å². The fourth-order valence-corrected chi connectivity index (χ4v) is 3.22. The van der Waals surface area contributed by atoms with E-state index in [2.05, 4.69) is 33.1 Å². The Morgan fingerprint density at radius 2 is 2.04 bits per heavy atom. The van der Waals surface area contributed by atoms with E-state index in [4.69, 9.17) is 4.74 Å². The average molecular weight is 335 g/mol. The minimum atomic E-state index is 0.0524. The van der Waals surface area contributed by atoms with Crippen LogP contribution in [0.15, 0.2) is 54.9 Å². The molecule has 1 atom stereocenters. The van der Waals surface area contributed by atoms with Gasteiger partial charge in [0.2, 0.25) is 5.91 Å². The van der Waals surface area contributed by atoms with Gasteiger partial charge < -0.3 is 10.1 Å². The Morgan fingerprint density at radius 1 is 1.20 bits per heavy atom. The van der Waals surface area contributed by atoms with Crippen LogP contribution >= 0.6 is 0 Å². The molecular weight excluding hydrogens is 314 g/mol. The van der Waals surface area contributed by atoms with E-state index in [0.29, 0.717) is 13.0 Å². The van der Waals surface area contributed by atoms with Crippen LogP contribution in [0, 0.1) is 0 Å². The Morgan fingerprint density at radius 3 is 2.84 bits per heavy atom. The number of para-hydroxylation sites is 2. The second-order valence-electron chi connectivity index (χ2n) is 6.39. The van der Waals surface area contributed by atoms with Crippen molar-refractivity contribution in [3.05, 3.63) is 60.4 Å². The molecule has 1 aliphatic heterocycles. The summed E-state index contributed by atoms with van der Waals surface area (Å²) in [6, 6.07) is 16.2. The van der Waals surface area contributed by atoms with Crippen molar-refractivity contribution in [2.75, 3.05) is 6.61 Å². The second-order valence-corrected chi connectivity index (χ2v) is 6.39. The fourth-order valence-electron chi connectivity index (χ4n) is 3.22. The van der Waals surface area contributed by atoms with Gasteiger partial charge in [-0.15, -0.1) is 0 Å². The molecule has 3 aromatic rings. The molecule has 25 heavy (non-hydrogen) atoms. The third-order valence-corrected chi connectivity index (χ3v) is 4.59. The standard InChI is InChI=1S/C20H21N3O2/c24-20(12-17-4-3-11-25-17)21-13-15-7-9-16(10-8-15)23-14-22-18-5-1-2-6-19(18)23/h1-2,5-10,14,17H,3-4,11-13H2,(H,21,24)/t17-/m0/s1. The highest BCUT2D eigenvalue weighted by molar-refractivity contribution is 5.77. The average Bonchev–Trinajstić information content (AvgIpc) is 3.30. The Kier molecular flexibility index (Phi) is 4.48. The van der Waals surface area contributed by atoms with Crippen molar-refractivity contribution in [2.45, 2.75) is 31.9 Å². The first kappa shape index (κ1) is 15.8. The number of nitrogens with one attached hydrogen (secondary N) is 1. The molecule has 5 heteroatoms. The molecule has 0 saturated carbocycles. The lowest BCUT2D eigenvalue weighted by Crippen LogP contribution is -2.26. The summed E-state index contributed by atoms with van der Waals surface area (Å²) in [6.45, 7) is 1.32. The van der Waals surface area contributed by atoms with E-state index in [-0.39, 0.29) is 12.0 Å². The van der Waals surface area contributed by atoms with Gasteiger partial charge in [-0.2, -0.15) is 0 Å². The van der Waals surface area contributed by atoms with Crippen LogP contribution in [0.4, 0.5) is 0 Å². The van der Waals surface area contributed by atoms with Crippen LogP contribution in [0.2, 0.25) is 0 Å². The number of rotatable bonds is 5.